The van der Waals surface area contributed by atoms with E-state index >= 15 is 0 Å². The minimum atomic E-state index is -4.82. The van der Waals surface area contributed by atoms with Crippen LogP contribution < -0.4 is 0 Å². The fourth-order valence-corrected chi connectivity index (χ4v) is 2.67. The van der Waals surface area contributed by atoms with Gasteiger partial charge in [0.1, 0.15) is 5.75 Å². The lowest BCUT2D eigenvalue weighted by atomic mass is 9.86. The van der Waals surface area contributed by atoms with Gasteiger partial charge in [0, 0.05) is 30.2 Å². The second-order valence-corrected chi connectivity index (χ2v) is 5.56. The van der Waals surface area contributed by atoms with Gasteiger partial charge in [0.25, 0.3) is 0 Å². The molecule has 8 heteroatoms. The van der Waals surface area contributed by atoms with Gasteiger partial charge in [0.15, 0.2) is 5.41 Å². The molecule has 1 unspecified atom stereocenters. The number of likely N-dealkylation sites (tertiary alicyclic amines) is 1. The first-order chi connectivity index (χ1) is 9.65. The van der Waals surface area contributed by atoms with E-state index in [2.05, 4.69) is 0 Å². The van der Waals surface area contributed by atoms with Crippen LogP contribution in [-0.4, -0.2) is 40.3 Å². The average Bonchev–Trinajstić information content (AvgIpc) is 2.79. The largest absolute Gasteiger partial charge is 0.508 e. The summed E-state index contributed by atoms with van der Waals surface area (Å²) in [5, 5.41) is 19.0. The first kappa shape index (κ1) is 15.9. The average molecular weight is 324 g/mol. The third-order valence-corrected chi connectivity index (χ3v) is 3.97. The molecule has 0 radical (unpaired) electrons. The number of rotatable bonds is 3. The smallest absolute Gasteiger partial charge is 0.406 e. The number of halogens is 4. The van der Waals surface area contributed by atoms with Crippen LogP contribution in [0.5, 0.6) is 5.75 Å². The molecule has 21 heavy (non-hydrogen) atoms. The van der Waals surface area contributed by atoms with Gasteiger partial charge in [-0.25, -0.2) is 0 Å². The van der Waals surface area contributed by atoms with Gasteiger partial charge in [0.2, 0.25) is 0 Å². The third kappa shape index (κ3) is 2.94. The minimum absolute atomic E-state index is 0.0114. The topological polar surface area (TPSA) is 60.8 Å². The number of carboxylic acid groups (broad SMARTS) is 1. The van der Waals surface area contributed by atoms with Crippen LogP contribution in [0, 0.1) is 5.41 Å². The fourth-order valence-electron chi connectivity index (χ4n) is 2.47. The molecule has 0 spiro atoms. The molecule has 0 saturated carbocycles. The Kier molecular flexibility index (Phi) is 4.08. The summed E-state index contributed by atoms with van der Waals surface area (Å²) in [6.45, 7) is -0.646. The fraction of sp³-hybridized carbons (Fsp3) is 0.462. The molecule has 1 aliphatic rings. The van der Waals surface area contributed by atoms with E-state index < -0.39 is 30.5 Å². The van der Waals surface area contributed by atoms with E-state index in [1.807, 2.05) is 0 Å². The van der Waals surface area contributed by atoms with Gasteiger partial charge >= 0.3 is 12.1 Å². The van der Waals surface area contributed by atoms with Gasteiger partial charge in [-0.05, 0) is 24.6 Å². The summed E-state index contributed by atoms with van der Waals surface area (Å²) in [6, 6.07) is 4.26. The van der Waals surface area contributed by atoms with Gasteiger partial charge < -0.3 is 10.2 Å². The van der Waals surface area contributed by atoms with E-state index in [1.165, 1.54) is 23.1 Å². The third-order valence-electron chi connectivity index (χ3n) is 3.74. The second kappa shape index (κ2) is 5.38. The summed E-state index contributed by atoms with van der Waals surface area (Å²) < 4.78 is 39.1. The lowest BCUT2D eigenvalue weighted by Crippen LogP contribution is -2.47. The number of benzene rings is 1. The van der Waals surface area contributed by atoms with E-state index in [0.717, 1.165) is 0 Å². The Balaban J connectivity index is 2.19. The van der Waals surface area contributed by atoms with Gasteiger partial charge in [-0.15, -0.1) is 0 Å². The molecule has 0 amide bonds. The number of phenols is 1. The summed E-state index contributed by atoms with van der Waals surface area (Å²) in [6.07, 6.45) is -5.32. The van der Waals surface area contributed by atoms with Crippen molar-refractivity contribution in [2.24, 2.45) is 5.41 Å². The van der Waals surface area contributed by atoms with Gasteiger partial charge in [-0.1, -0.05) is 11.6 Å². The summed E-state index contributed by atoms with van der Waals surface area (Å²) >= 11 is 5.78. The van der Waals surface area contributed by atoms with Gasteiger partial charge in [-0.3, -0.25) is 9.69 Å². The highest BCUT2D eigenvalue weighted by atomic mass is 35.5. The Labute approximate surface area is 123 Å². The molecule has 1 aromatic carbocycles. The Bertz CT molecular complexity index is 564. The standard InChI is InChI=1S/C13H13ClF3NO3/c14-9-1-2-10(19)8(5-9)6-18-4-3-12(7-18,11(20)21)13(15,16)17/h1-2,5,19H,3-4,6-7H2,(H,20,21). The van der Waals surface area contributed by atoms with Crippen molar-refractivity contribution in [3.8, 4) is 5.75 Å². The van der Waals surface area contributed by atoms with Crippen LogP contribution in [0.15, 0.2) is 18.2 Å². The molecule has 0 aromatic heterocycles. The molecular weight excluding hydrogens is 311 g/mol. The first-order valence-electron chi connectivity index (χ1n) is 6.15. The maximum atomic E-state index is 13.0. The summed E-state index contributed by atoms with van der Waals surface area (Å²) in [4.78, 5) is 12.4. The Hall–Kier alpha value is -1.47. The number of carboxylic acids is 1. The molecule has 2 N–H and O–H groups in total. The number of hydrogen-bond acceptors (Lipinski definition) is 3. The van der Waals surface area contributed by atoms with Crippen LogP contribution in [-0.2, 0) is 11.3 Å². The molecule has 1 heterocycles. The van der Waals surface area contributed by atoms with Gasteiger partial charge in [-0.2, -0.15) is 13.2 Å². The maximum absolute atomic E-state index is 13.0. The normalized spacial score (nSPS) is 23.4. The van der Waals surface area contributed by atoms with Crippen molar-refractivity contribution in [3.63, 3.8) is 0 Å². The van der Waals surface area contributed by atoms with Crippen LogP contribution in [0.1, 0.15) is 12.0 Å². The van der Waals surface area contributed by atoms with E-state index in [9.17, 15) is 23.1 Å². The van der Waals surface area contributed by atoms with Crippen molar-refractivity contribution in [2.45, 2.75) is 19.1 Å². The molecule has 0 bridgehead atoms. The number of nitrogens with zero attached hydrogens (tertiary/aromatic N) is 1. The van der Waals surface area contributed by atoms with Crippen molar-refractivity contribution < 1.29 is 28.2 Å². The maximum Gasteiger partial charge on any atom is 0.406 e. The predicted octanol–water partition coefficient (Wildman–Crippen LogP) is 2.88. The number of aromatic hydroxyl groups is 1. The highest BCUT2D eigenvalue weighted by Crippen LogP contribution is 2.46. The van der Waals surface area contributed by atoms with E-state index in [1.54, 1.807) is 0 Å². The molecule has 0 aliphatic carbocycles. The Morgan fingerprint density at radius 1 is 1.43 bits per heavy atom. The number of phenolic OH excluding ortho intramolecular Hbond substituents is 1. The zero-order valence-electron chi connectivity index (χ0n) is 10.8. The minimum Gasteiger partial charge on any atom is -0.508 e. The predicted molar refractivity (Wildman–Crippen MR) is 69.1 cm³/mol. The lowest BCUT2D eigenvalue weighted by molar-refractivity contribution is -0.227. The van der Waals surface area contributed by atoms with Crippen molar-refractivity contribution in [2.75, 3.05) is 13.1 Å². The molecule has 1 saturated heterocycles. The van der Waals surface area contributed by atoms with Crippen molar-refractivity contribution in [1.82, 2.24) is 4.90 Å². The summed E-state index contributed by atoms with van der Waals surface area (Å²) in [5.41, 5.74) is -2.38. The highest BCUT2D eigenvalue weighted by molar-refractivity contribution is 6.30. The molecule has 1 aromatic rings. The summed E-state index contributed by atoms with van der Waals surface area (Å²) in [7, 11) is 0. The number of carbonyl (C=O) groups is 1. The molecule has 116 valence electrons. The quantitative estimate of drug-likeness (QED) is 0.898. The zero-order valence-corrected chi connectivity index (χ0v) is 11.6. The van der Waals surface area contributed by atoms with Crippen LogP contribution in [0.3, 0.4) is 0 Å². The Morgan fingerprint density at radius 2 is 2.10 bits per heavy atom. The number of alkyl halides is 3. The zero-order chi connectivity index (χ0) is 15.8. The van der Waals surface area contributed by atoms with E-state index in [0.29, 0.717) is 10.6 Å². The van der Waals surface area contributed by atoms with Crippen molar-refractivity contribution in [3.05, 3.63) is 28.8 Å². The summed E-state index contributed by atoms with van der Waals surface area (Å²) in [5.74, 6) is -1.95. The van der Waals surface area contributed by atoms with E-state index in [4.69, 9.17) is 16.7 Å². The molecule has 1 atom stereocenters. The number of hydrogen-bond donors (Lipinski definition) is 2. The molecule has 1 aliphatic heterocycles. The van der Waals surface area contributed by atoms with Crippen molar-refractivity contribution >= 4 is 17.6 Å². The molecule has 2 rings (SSSR count). The highest BCUT2D eigenvalue weighted by Gasteiger charge is 2.63. The Morgan fingerprint density at radius 3 is 2.62 bits per heavy atom. The first-order valence-corrected chi connectivity index (χ1v) is 6.53. The van der Waals surface area contributed by atoms with Crippen LogP contribution in [0.25, 0.3) is 0 Å². The lowest BCUT2D eigenvalue weighted by Gasteiger charge is -2.27. The molecule has 4 nitrogen and oxygen atoms in total. The van der Waals surface area contributed by atoms with E-state index in [-0.39, 0.29) is 18.8 Å². The van der Waals surface area contributed by atoms with Gasteiger partial charge in [0.05, 0.1) is 0 Å². The number of aliphatic carboxylic acids is 1. The second-order valence-electron chi connectivity index (χ2n) is 5.12. The molecular formula is C13H13ClF3NO3. The SMILES string of the molecule is O=C(O)C1(C(F)(F)F)CCN(Cc2cc(Cl)ccc2O)C1. The van der Waals surface area contributed by atoms with Crippen LogP contribution >= 0.6 is 11.6 Å². The van der Waals surface area contributed by atoms with Crippen molar-refractivity contribution in [1.29, 1.82) is 0 Å². The monoisotopic (exact) mass is 323 g/mol. The molecule has 1 fully saturated rings. The van der Waals surface area contributed by atoms with Crippen LogP contribution in [0.4, 0.5) is 13.2 Å². The van der Waals surface area contributed by atoms with Crippen LogP contribution in [0.2, 0.25) is 5.02 Å².